The van der Waals surface area contributed by atoms with Gasteiger partial charge in [-0.2, -0.15) is 5.10 Å². The SMILES string of the molecule is Cc1nc2c(c(NC(=O)/C=C/c3ccccc3)nn2C)c(C)c1Cl. The summed E-state index contributed by atoms with van der Waals surface area (Å²) in [5, 5.41) is 8.51. The van der Waals surface area contributed by atoms with Gasteiger partial charge in [-0.05, 0) is 31.1 Å². The highest BCUT2D eigenvalue weighted by molar-refractivity contribution is 6.33. The van der Waals surface area contributed by atoms with Crippen molar-refractivity contribution in [3.63, 3.8) is 0 Å². The van der Waals surface area contributed by atoms with Crippen molar-refractivity contribution < 1.29 is 4.79 Å². The molecule has 0 spiro atoms. The monoisotopic (exact) mass is 340 g/mol. The van der Waals surface area contributed by atoms with Gasteiger partial charge in [0, 0.05) is 13.1 Å². The van der Waals surface area contributed by atoms with Crippen LogP contribution in [0.15, 0.2) is 36.4 Å². The molecule has 0 bridgehead atoms. The Bertz CT molecular complexity index is 945. The van der Waals surface area contributed by atoms with Gasteiger partial charge in [-0.25, -0.2) is 9.67 Å². The zero-order valence-corrected chi connectivity index (χ0v) is 14.4. The van der Waals surface area contributed by atoms with Crippen LogP contribution in [-0.4, -0.2) is 20.7 Å². The fourth-order valence-corrected chi connectivity index (χ4v) is 2.70. The van der Waals surface area contributed by atoms with E-state index in [1.54, 1.807) is 17.8 Å². The van der Waals surface area contributed by atoms with E-state index >= 15 is 0 Å². The third-order valence-corrected chi connectivity index (χ3v) is 4.34. The number of rotatable bonds is 3. The number of amides is 1. The van der Waals surface area contributed by atoms with E-state index in [9.17, 15) is 4.79 Å². The standard InChI is InChI=1S/C18H17ClN4O/c1-11-15-17(22-23(3)18(15)20-12(2)16(11)19)21-14(24)10-9-13-7-5-4-6-8-13/h4-10H,1-3H3,(H,21,22,24)/b10-9+. The summed E-state index contributed by atoms with van der Waals surface area (Å²) in [6.07, 6.45) is 3.23. The Labute approximate surface area is 145 Å². The van der Waals surface area contributed by atoms with E-state index in [1.807, 2.05) is 44.2 Å². The van der Waals surface area contributed by atoms with Crippen molar-refractivity contribution in [2.24, 2.45) is 7.05 Å². The summed E-state index contributed by atoms with van der Waals surface area (Å²) in [7, 11) is 1.79. The largest absolute Gasteiger partial charge is 0.305 e. The molecule has 1 N–H and O–H groups in total. The van der Waals surface area contributed by atoms with E-state index in [-0.39, 0.29) is 5.91 Å². The quantitative estimate of drug-likeness (QED) is 0.736. The second-order valence-corrected chi connectivity index (χ2v) is 5.92. The summed E-state index contributed by atoms with van der Waals surface area (Å²) in [5.41, 5.74) is 3.24. The lowest BCUT2D eigenvalue weighted by molar-refractivity contribution is -0.111. The maximum absolute atomic E-state index is 12.2. The molecule has 0 saturated heterocycles. The minimum atomic E-state index is -0.255. The Morgan fingerprint density at radius 1 is 1.25 bits per heavy atom. The number of carbonyl (C=O) groups is 1. The van der Waals surface area contributed by atoms with Crippen molar-refractivity contribution in [2.75, 3.05) is 5.32 Å². The molecule has 2 aromatic heterocycles. The number of aryl methyl sites for hydroxylation is 3. The second-order valence-electron chi connectivity index (χ2n) is 5.54. The van der Waals surface area contributed by atoms with Gasteiger partial charge in [-0.3, -0.25) is 4.79 Å². The minimum Gasteiger partial charge on any atom is -0.305 e. The molecular formula is C18H17ClN4O. The predicted molar refractivity (Wildman–Crippen MR) is 97.1 cm³/mol. The summed E-state index contributed by atoms with van der Waals surface area (Å²) in [5.74, 6) is 0.206. The van der Waals surface area contributed by atoms with Gasteiger partial charge < -0.3 is 5.32 Å². The van der Waals surface area contributed by atoms with Crippen molar-refractivity contribution >= 4 is 40.4 Å². The molecule has 1 amide bonds. The van der Waals surface area contributed by atoms with Crippen LogP contribution in [0.3, 0.4) is 0 Å². The smallest absolute Gasteiger partial charge is 0.249 e. The highest BCUT2D eigenvalue weighted by atomic mass is 35.5. The van der Waals surface area contributed by atoms with Crippen molar-refractivity contribution in [3.8, 4) is 0 Å². The highest BCUT2D eigenvalue weighted by Gasteiger charge is 2.17. The number of nitrogens with zero attached hydrogens (tertiary/aromatic N) is 3. The number of anilines is 1. The molecule has 122 valence electrons. The number of halogens is 1. The highest BCUT2D eigenvalue weighted by Crippen LogP contribution is 2.31. The zero-order valence-electron chi connectivity index (χ0n) is 13.7. The van der Waals surface area contributed by atoms with Crippen molar-refractivity contribution in [1.29, 1.82) is 0 Å². The maximum Gasteiger partial charge on any atom is 0.249 e. The van der Waals surface area contributed by atoms with E-state index in [2.05, 4.69) is 15.4 Å². The number of fused-ring (bicyclic) bond motifs is 1. The summed E-state index contributed by atoms with van der Waals surface area (Å²) >= 11 is 6.29. The Balaban J connectivity index is 1.92. The van der Waals surface area contributed by atoms with Crippen LogP contribution < -0.4 is 5.32 Å². The third-order valence-electron chi connectivity index (χ3n) is 3.78. The number of benzene rings is 1. The Morgan fingerprint density at radius 2 is 1.96 bits per heavy atom. The Kier molecular flexibility index (Phi) is 4.36. The van der Waals surface area contributed by atoms with E-state index < -0.39 is 0 Å². The summed E-state index contributed by atoms with van der Waals surface area (Å²) < 4.78 is 1.64. The lowest BCUT2D eigenvalue weighted by atomic mass is 10.1. The van der Waals surface area contributed by atoms with Gasteiger partial charge in [-0.15, -0.1) is 0 Å². The van der Waals surface area contributed by atoms with Crippen LogP contribution in [0.5, 0.6) is 0 Å². The number of nitrogens with one attached hydrogen (secondary N) is 1. The average Bonchev–Trinajstić information content (AvgIpc) is 2.87. The molecule has 24 heavy (non-hydrogen) atoms. The minimum absolute atomic E-state index is 0.255. The molecule has 5 nitrogen and oxygen atoms in total. The number of hydrogen-bond donors (Lipinski definition) is 1. The van der Waals surface area contributed by atoms with Crippen LogP contribution in [0.2, 0.25) is 5.02 Å². The van der Waals surface area contributed by atoms with E-state index in [0.29, 0.717) is 16.5 Å². The normalized spacial score (nSPS) is 11.3. The molecule has 3 rings (SSSR count). The lowest BCUT2D eigenvalue weighted by Crippen LogP contribution is -2.09. The van der Waals surface area contributed by atoms with Crippen LogP contribution in [0.1, 0.15) is 16.8 Å². The predicted octanol–water partition coefficient (Wildman–Crippen LogP) is 3.89. The number of aromatic nitrogens is 3. The molecular weight excluding hydrogens is 324 g/mol. The first-order chi connectivity index (χ1) is 11.5. The molecule has 0 fully saturated rings. The molecule has 0 aliphatic rings. The van der Waals surface area contributed by atoms with Crippen molar-refractivity contribution in [2.45, 2.75) is 13.8 Å². The van der Waals surface area contributed by atoms with Crippen LogP contribution in [0, 0.1) is 13.8 Å². The molecule has 2 heterocycles. The van der Waals surface area contributed by atoms with Crippen LogP contribution in [0.25, 0.3) is 17.1 Å². The third kappa shape index (κ3) is 3.03. The summed E-state index contributed by atoms with van der Waals surface area (Å²) in [4.78, 5) is 16.7. The topological polar surface area (TPSA) is 59.8 Å². The number of carbonyl (C=O) groups excluding carboxylic acids is 1. The fourth-order valence-electron chi connectivity index (χ4n) is 2.56. The van der Waals surface area contributed by atoms with Crippen LogP contribution in [0.4, 0.5) is 5.82 Å². The van der Waals surface area contributed by atoms with Gasteiger partial charge in [-0.1, -0.05) is 41.9 Å². The molecule has 1 aromatic carbocycles. The summed E-state index contributed by atoms with van der Waals surface area (Å²) in [6, 6.07) is 9.62. The molecule has 0 atom stereocenters. The number of hydrogen-bond acceptors (Lipinski definition) is 3. The lowest BCUT2D eigenvalue weighted by Gasteiger charge is -2.05. The molecule has 6 heteroatoms. The second kappa shape index (κ2) is 6.45. The molecule has 3 aromatic rings. The first kappa shape index (κ1) is 16.2. The first-order valence-electron chi connectivity index (χ1n) is 7.51. The van der Waals surface area contributed by atoms with Gasteiger partial charge in [0.05, 0.1) is 16.1 Å². The van der Waals surface area contributed by atoms with Crippen LogP contribution in [-0.2, 0) is 11.8 Å². The van der Waals surface area contributed by atoms with E-state index in [0.717, 1.165) is 22.2 Å². The zero-order chi connectivity index (χ0) is 17.3. The summed E-state index contributed by atoms with van der Waals surface area (Å²) in [6.45, 7) is 3.75. The van der Waals surface area contributed by atoms with Crippen molar-refractivity contribution in [1.82, 2.24) is 14.8 Å². The Hall–Kier alpha value is -2.66. The average molecular weight is 341 g/mol. The molecule has 0 aliphatic heterocycles. The Morgan fingerprint density at radius 3 is 2.67 bits per heavy atom. The maximum atomic E-state index is 12.2. The van der Waals surface area contributed by atoms with Crippen molar-refractivity contribution in [3.05, 3.63) is 58.3 Å². The molecule has 0 unspecified atom stereocenters. The van der Waals surface area contributed by atoms with Gasteiger partial charge in [0.15, 0.2) is 11.5 Å². The molecule has 0 saturated carbocycles. The van der Waals surface area contributed by atoms with Gasteiger partial charge in [0.1, 0.15) is 0 Å². The van der Waals surface area contributed by atoms with E-state index in [1.165, 1.54) is 6.08 Å². The fraction of sp³-hybridized carbons (Fsp3) is 0.167. The van der Waals surface area contributed by atoms with Crippen LogP contribution >= 0.6 is 11.6 Å². The van der Waals surface area contributed by atoms with E-state index in [4.69, 9.17) is 11.6 Å². The molecule has 0 radical (unpaired) electrons. The van der Waals surface area contributed by atoms with Gasteiger partial charge in [0.2, 0.25) is 5.91 Å². The van der Waals surface area contributed by atoms with Gasteiger partial charge in [0.25, 0.3) is 0 Å². The number of pyridine rings is 1. The van der Waals surface area contributed by atoms with Gasteiger partial charge >= 0.3 is 0 Å². The first-order valence-corrected chi connectivity index (χ1v) is 7.88. The molecule has 0 aliphatic carbocycles.